The van der Waals surface area contributed by atoms with Crippen molar-refractivity contribution in [1.29, 1.82) is 0 Å². The topological polar surface area (TPSA) is 50.8 Å². The molecule has 6 heteroatoms. The number of nitrogens with zero attached hydrogens (tertiary/aromatic N) is 1. The zero-order valence-corrected chi connectivity index (χ0v) is 11.1. The van der Waals surface area contributed by atoms with Crippen LogP contribution in [0.1, 0.15) is 0 Å². The van der Waals surface area contributed by atoms with E-state index in [4.69, 9.17) is 9.47 Å². The van der Waals surface area contributed by atoms with Crippen molar-refractivity contribution in [3.05, 3.63) is 30.1 Å². The highest BCUT2D eigenvalue weighted by atomic mass is 19.1. The van der Waals surface area contributed by atoms with Crippen molar-refractivity contribution in [3.8, 4) is 0 Å². The summed E-state index contributed by atoms with van der Waals surface area (Å²) in [7, 11) is 0. The number of halogens is 1. The number of benzene rings is 1. The maximum atomic E-state index is 13.3. The number of carbonyl (C=O) groups is 1. The predicted octanol–water partition coefficient (Wildman–Crippen LogP) is 0.548. The number of rotatable bonds is 1. The summed E-state index contributed by atoms with van der Waals surface area (Å²) in [5.74, 6) is -0.517. The van der Waals surface area contributed by atoms with Crippen LogP contribution in [0.5, 0.6) is 0 Å². The van der Waals surface area contributed by atoms with Gasteiger partial charge in [0, 0.05) is 18.8 Å². The molecule has 20 heavy (non-hydrogen) atoms. The lowest BCUT2D eigenvalue weighted by Crippen LogP contribution is -2.60. The Labute approximate surface area is 116 Å². The molecule has 1 aromatic rings. The third-order valence-corrected chi connectivity index (χ3v) is 3.60. The number of nitrogens with one attached hydrogen (secondary N) is 1. The molecular weight excluding hydrogens is 263 g/mol. The minimum atomic E-state index is -0.559. The molecule has 2 aliphatic rings. The van der Waals surface area contributed by atoms with Crippen molar-refractivity contribution in [2.24, 2.45) is 0 Å². The lowest BCUT2D eigenvalue weighted by Gasteiger charge is -2.41. The lowest BCUT2D eigenvalue weighted by atomic mass is 10.0. The summed E-state index contributed by atoms with van der Waals surface area (Å²) in [5, 5.41) is 3.24. The molecule has 1 amide bonds. The Hall–Kier alpha value is -1.50. The van der Waals surface area contributed by atoms with Gasteiger partial charge in [0.05, 0.1) is 19.8 Å². The van der Waals surface area contributed by atoms with E-state index in [1.54, 1.807) is 17.0 Å². The van der Waals surface area contributed by atoms with Gasteiger partial charge in [0.2, 0.25) is 0 Å². The second-order valence-corrected chi connectivity index (χ2v) is 5.16. The molecule has 1 N–H and O–H groups in total. The van der Waals surface area contributed by atoms with Gasteiger partial charge in [0.15, 0.2) is 0 Å². The Morgan fingerprint density at radius 1 is 1.40 bits per heavy atom. The molecule has 108 valence electrons. The minimum Gasteiger partial charge on any atom is -0.377 e. The molecule has 2 heterocycles. The average molecular weight is 280 g/mol. The standard InChI is InChI=1S/C14H17FN2O3/c15-11-2-1-3-12(6-11)17-9-14(20-7-13(17)18)8-16-4-5-19-10-14/h1-3,6,16H,4-5,7-10H2/t14-/m1/s1. The summed E-state index contributed by atoms with van der Waals surface area (Å²) >= 11 is 0. The number of ether oxygens (including phenoxy) is 2. The quantitative estimate of drug-likeness (QED) is 0.816. The van der Waals surface area contributed by atoms with Crippen LogP contribution in [0.25, 0.3) is 0 Å². The molecule has 1 aromatic carbocycles. The predicted molar refractivity (Wildman–Crippen MR) is 71.1 cm³/mol. The molecule has 2 saturated heterocycles. The van der Waals surface area contributed by atoms with Crippen LogP contribution < -0.4 is 10.2 Å². The zero-order valence-electron chi connectivity index (χ0n) is 11.1. The number of hydrogen-bond acceptors (Lipinski definition) is 4. The normalized spacial score (nSPS) is 27.6. The highest BCUT2D eigenvalue weighted by molar-refractivity contribution is 5.95. The molecule has 3 rings (SSSR count). The van der Waals surface area contributed by atoms with Gasteiger partial charge in [-0.3, -0.25) is 4.79 Å². The summed E-state index contributed by atoms with van der Waals surface area (Å²) in [6.45, 7) is 2.78. The summed E-state index contributed by atoms with van der Waals surface area (Å²) in [5.41, 5.74) is -0.00147. The molecule has 1 atom stereocenters. The van der Waals surface area contributed by atoms with Gasteiger partial charge in [0.1, 0.15) is 18.0 Å². The molecule has 1 spiro atoms. The van der Waals surface area contributed by atoms with Gasteiger partial charge in [-0.25, -0.2) is 4.39 Å². The van der Waals surface area contributed by atoms with Gasteiger partial charge < -0.3 is 19.7 Å². The third-order valence-electron chi connectivity index (χ3n) is 3.60. The Bertz CT molecular complexity index is 501. The summed E-state index contributed by atoms with van der Waals surface area (Å²) in [4.78, 5) is 13.6. The molecule has 0 bridgehead atoms. The molecule has 0 saturated carbocycles. The van der Waals surface area contributed by atoms with Crippen LogP contribution in [0.15, 0.2) is 24.3 Å². The van der Waals surface area contributed by atoms with Crippen molar-refractivity contribution < 1.29 is 18.7 Å². The Kier molecular flexibility index (Phi) is 3.69. The Morgan fingerprint density at radius 3 is 3.15 bits per heavy atom. The van der Waals surface area contributed by atoms with Crippen molar-refractivity contribution in [2.75, 3.05) is 44.4 Å². The minimum absolute atomic E-state index is 0.0123. The van der Waals surface area contributed by atoms with Crippen LogP contribution in [0.4, 0.5) is 10.1 Å². The zero-order chi connectivity index (χ0) is 14.0. The highest BCUT2D eigenvalue weighted by Crippen LogP contribution is 2.25. The van der Waals surface area contributed by atoms with Crippen molar-refractivity contribution in [1.82, 2.24) is 5.32 Å². The van der Waals surface area contributed by atoms with Gasteiger partial charge in [-0.2, -0.15) is 0 Å². The van der Waals surface area contributed by atoms with Crippen LogP contribution >= 0.6 is 0 Å². The van der Waals surface area contributed by atoms with Gasteiger partial charge in [-0.15, -0.1) is 0 Å². The van der Waals surface area contributed by atoms with E-state index in [1.165, 1.54) is 12.1 Å². The second kappa shape index (κ2) is 5.47. The first-order chi connectivity index (χ1) is 9.69. The van der Waals surface area contributed by atoms with Crippen molar-refractivity contribution in [2.45, 2.75) is 5.60 Å². The van der Waals surface area contributed by atoms with E-state index in [0.29, 0.717) is 32.0 Å². The fourth-order valence-electron chi connectivity index (χ4n) is 2.56. The molecular formula is C14H17FN2O3. The fourth-order valence-corrected chi connectivity index (χ4v) is 2.56. The van der Waals surface area contributed by atoms with Crippen molar-refractivity contribution >= 4 is 11.6 Å². The first-order valence-electron chi connectivity index (χ1n) is 6.67. The van der Waals surface area contributed by atoms with Crippen LogP contribution in [0.3, 0.4) is 0 Å². The SMILES string of the molecule is O=C1CO[C@]2(CNCCOC2)CN1c1cccc(F)c1. The number of carbonyl (C=O) groups excluding carboxylic acids is 1. The van der Waals surface area contributed by atoms with E-state index < -0.39 is 5.60 Å². The van der Waals surface area contributed by atoms with Crippen molar-refractivity contribution in [3.63, 3.8) is 0 Å². The lowest BCUT2D eigenvalue weighted by molar-refractivity contribution is -0.144. The Balaban J connectivity index is 1.84. The van der Waals surface area contributed by atoms with Gasteiger partial charge in [-0.05, 0) is 18.2 Å². The molecule has 0 aromatic heterocycles. The van der Waals surface area contributed by atoms with E-state index in [9.17, 15) is 9.18 Å². The summed E-state index contributed by atoms with van der Waals surface area (Å²) in [6.07, 6.45) is 0. The van der Waals surface area contributed by atoms with Gasteiger partial charge in [-0.1, -0.05) is 6.07 Å². The monoisotopic (exact) mass is 280 g/mol. The molecule has 0 radical (unpaired) electrons. The highest BCUT2D eigenvalue weighted by Gasteiger charge is 2.41. The van der Waals surface area contributed by atoms with Crippen LogP contribution in [-0.2, 0) is 14.3 Å². The maximum Gasteiger partial charge on any atom is 0.253 e. The van der Waals surface area contributed by atoms with Gasteiger partial charge in [0.25, 0.3) is 5.91 Å². The Morgan fingerprint density at radius 2 is 2.30 bits per heavy atom. The number of hydrogen-bond donors (Lipinski definition) is 1. The summed E-state index contributed by atoms with van der Waals surface area (Å²) in [6, 6.07) is 6.05. The molecule has 5 nitrogen and oxygen atoms in total. The number of amides is 1. The van der Waals surface area contributed by atoms with E-state index in [-0.39, 0.29) is 18.3 Å². The molecule has 0 aliphatic carbocycles. The number of morpholine rings is 1. The molecule has 0 unspecified atom stereocenters. The second-order valence-electron chi connectivity index (χ2n) is 5.16. The van der Waals surface area contributed by atoms with Gasteiger partial charge >= 0.3 is 0 Å². The van der Waals surface area contributed by atoms with E-state index in [1.807, 2.05) is 0 Å². The first-order valence-corrected chi connectivity index (χ1v) is 6.67. The van der Waals surface area contributed by atoms with E-state index >= 15 is 0 Å². The van der Waals surface area contributed by atoms with Crippen LogP contribution in [-0.4, -0.2) is 51.0 Å². The molecule has 2 aliphatic heterocycles. The molecule has 2 fully saturated rings. The summed E-state index contributed by atoms with van der Waals surface area (Å²) < 4.78 is 24.6. The van der Waals surface area contributed by atoms with E-state index in [0.717, 1.165) is 6.54 Å². The number of anilines is 1. The fraction of sp³-hybridized carbons (Fsp3) is 0.500. The maximum absolute atomic E-state index is 13.3. The van der Waals surface area contributed by atoms with E-state index in [2.05, 4.69) is 5.32 Å². The average Bonchev–Trinajstić information content (AvgIpc) is 2.68. The third kappa shape index (κ3) is 2.67. The smallest absolute Gasteiger partial charge is 0.253 e. The van der Waals surface area contributed by atoms with Crippen LogP contribution in [0, 0.1) is 5.82 Å². The first kappa shape index (κ1) is 13.5. The largest absolute Gasteiger partial charge is 0.377 e. The van der Waals surface area contributed by atoms with Crippen LogP contribution in [0.2, 0.25) is 0 Å².